The minimum Gasteiger partial charge on any atom is -0.496 e. The van der Waals surface area contributed by atoms with E-state index in [2.05, 4.69) is 22.8 Å². The summed E-state index contributed by atoms with van der Waals surface area (Å²) in [6, 6.07) is 14.8. The maximum atomic E-state index is 12.8. The zero-order valence-electron chi connectivity index (χ0n) is 17.5. The molecule has 31 heavy (non-hydrogen) atoms. The Hall–Kier alpha value is -2.71. The lowest BCUT2D eigenvalue weighted by atomic mass is 9.92. The maximum Gasteiger partial charge on any atom is 0.405 e. The van der Waals surface area contributed by atoms with Gasteiger partial charge in [-0.25, -0.2) is 4.79 Å². The van der Waals surface area contributed by atoms with Crippen LogP contribution in [0.5, 0.6) is 5.75 Å². The van der Waals surface area contributed by atoms with Crippen LogP contribution < -0.4 is 15.4 Å². The second kappa shape index (κ2) is 11.6. The van der Waals surface area contributed by atoms with E-state index < -0.39 is 12.1 Å². The number of hydrogen-bond donors (Lipinski definition) is 3. The van der Waals surface area contributed by atoms with Gasteiger partial charge in [0, 0.05) is 35.6 Å². The summed E-state index contributed by atoms with van der Waals surface area (Å²) < 4.78 is 10.9. The van der Waals surface area contributed by atoms with E-state index in [-0.39, 0.29) is 11.8 Å². The van der Waals surface area contributed by atoms with Crippen LogP contribution in [0, 0.1) is 5.92 Å². The molecule has 2 aromatic rings. The molecule has 0 saturated carbocycles. The molecule has 1 fully saturated rings. The number of anilines is 1. The Bertz CT molecular complexity index is 872. The van der Waals surface area contributed by atoms with Gasteiger partial charge in [0.2, 0.25) is 5.91 Å². The van der Waals surface area contributed by atoms with Crippen LogP contribution in [0.25, 0.3) is 0 Å². The first kappa shape index (κ1) is 23.0. The first-order valence-electron chi connectivity index (χ1n) is 10.3. The average Bonchev–Trinajstić information content (AvgIpc) is 2.78. The molecule has 1 aliphatic heterocycles. The molecule has 0 aromatic heterocycles. The first-order chi connectivity index (χ1) is 15.0. The van der Waals surface area contributed by atoms with Crippen LogP contribution in [-0.2, 0) is 15.3 Å². The third-order valence-corrected chi connectivity index (χ3v) is 6.32. The van der Waals surface area contributed by atoms with E-state index in [1.807, 2.05) is 24.3 Å². The van der Waals surface area contributed by atoms with Gasteiger partial charge in [0.25, 0.3) is 0 Å². The predicted octanol–water partition coefficient (Wildman–Crippen LogP) is 4.38. The normalized spacial score (nSPS) is 15.1. The van der Waals surface area contributed by atoms with Gasteiger partial charge >= 0.3 is 6.09 Å². The molecule has 0 radical (unpaired) electrons. The standard InChI is InChI=1S/C23H28N2O5S/c1-29-20-14-18(7-8-21(20)31-15-17-5-3-2-4-6-17)24-22(26)19(25-23(27)28)13-16-9-11-30-12-10-16/h2-8,14,16,19,25H,9-13,15H2,1H3,(H,24,26)(H,27,28). The van der Waals surface area contributed by atoms with Crippen LogP contribution in [0.4, 0.5) is 10.5 Å². The largest absolute Gasteiger partial charge is 0.496 e. The molecule has 2 aromatic carbocycles. The minimum atomic E-state index is -1.21. The lowest BCUT2D eigenvalue weighted by Gasteiger charge is -2.26. The van der Waals surface area contributed by atoms with Gasteiger partial charge < -0.3 is 25.2 Å². The molecule has 0 bridgehead atoms. The van der Waals surface area contributed by atoms with Gasteiger partial charge in [-0.05, 0) is 42.9 Å². The highest BCUT2D eigenvalue weighted by Crippen LogP contribution is 2.34. The molecular weight excluding hydrogens is 416 g/mol. The summed E-state index contributed by atoms with van der Waals surface area (Å²) >= 11 is 1.65. The summed E-state index contributed by atoms with van der Waals surface area (Å²) in [5.41, 5.74) is 1.78. The van der Waals surface area contributed by atoms with Gasteiger partial charge in [0.05, 0.1) is 7.11 Å². The second-order valence-electron chi connectivity index (χ2n) is 7.42. The number of carbonyl (C=O) groups excluding carboxylic acids is 1. The Morgan fingerprint density at radius 2 is 1.94 bits per heavy atom. The van der Waals surface area contributed by atoms with Crippen LogP contribution in [0.2, 0.25) is 0 Å². The van der Waals surface area contributed by atoms with Gasteiger partial charge in [-0.1, -0.05) is 30.3 Å². The van der Waals surface area contributed by atoms with Crippen LogP contribution in [0.1, 0.15) is 24.8 Å². The summed E-state index contributed by atoms with van der Waals surface area (Å²) in [5, 5.41) is 14.3. The Kier molecular flexibility index (Phi) is 8.61. The maximum absolute atomic E-state index is 12.8. The number of carbonyl (C=O) groups is 2. The zero-order valence-corrected chi connectivity index (χ0v) is 18.3. The van der Waals surface area contributed by atoms with Crippen LogP contribution in [0.3, 0.4) is 0 Å². The third-order valence-electron chi connectivity index (χ3n) is 5.19. The fraction of sp³-hybridized carbons (Fsp3) is 0.391. The van der Waals surface area contributed by atoms with Gasteiger partial charge in [-0.15, -0.1) is 11.8 Å². The van der Waals surface area contributed by atoms with Crippen molar-refractivity contribution in [2.45, 2.75) is 36.0 Å². The number of benzene rings is 2. The molecule has 1 heterocycles. The van der Waals surface area contributed by atoms with Gasteiger partial charge in [0.15, 0.2) is 0 Å². The van der Waals surface area contributed by atoms with Crippen molar-refractivity contribution in [1.29, 1.82) is 0 Å². The van der Waals surface area contributed by atoms with Gasteiger partial charge in [-0.2, -0.15) is 0 Å². The summed E-state index contributed by atoms with van der Waals surface area (Å²) in [5.74, 6) is 1.34. The average molecular weight is 445 g/mol. The number of hydrogen-bond acceptors (Lipinski definition) is 5. The number of rotatable bonds is 9. The molecule has 1 aliphatic rings. The number of nitrogens with one attached hydrogen (secondary N) is 2. The number of carboxylic acid groups (broad SMARTS) is 1. The van der Waals surface area contributed by atoms with Crippen molar-refractivity contribution < 1.29 is 24.2 Å². The van der Waals surface area contributed by atoms with E-state index >= 15 is 0 Å². The molecule has 3 rings (SSSR count). The molecule has 0 spiro atoms. The van der Waals surface area contributed by atoms with E-state index in [1.54, 1.807) is 31.0 Å². The zero-order chi connectivity index (χ0) is 22.1. The molecule has 166 valence electrons. The van der Waals surface area contributed by atoms with Crippen molar-refractivity contribution >= 4 is 29.4 Å². The Morgan fingerprint density at radius 1 is 1.19 bits per heavy atom. The molecule has 8 heteroatoms. The van der Waals surface area contributed by atoms with Gasteiger partial charge in [0.1, 0.15) is 11.8 Å². The van der Waals surface area contributed by atoms with Crippen LogP contribution in [-0.4, -0.2) is 43.5 Å². The molecule has 0 aliphatic carbocycles. The van der Waals surface area contributed by atoms with E-state index in [0.717, 1.165) is 23.5 Å². The molecular formula is C23H28N2O5S. The highest BCUT2D eigenvalue weighted by atomic mass is 32.2. The summed E-state index contributed by atoms with van der Waals surface area (Å²) in [6.07, 6.45) is 0.889. The highest BCUT2D eigenvalue weighted by Gasteiger charge is 2.26. The van der Waals surface area contributed by atoms with Crippen molar-refractivity contribution in [3.63, 3.8) is 0 Å². The number of thioether (sulfide) groups is 1. The highest BCUT2D eigenvalue weighted by molar-refractivity contribution is 7.98. The SMILES string of the molecule is COc1cc(NC(=O)C(CC2CCOCC2)NC(=O)O)ccc1SCc1ccccc1. The molecule has 3 N–H and O–H groups in total. The first-order valence-corrected chi connectivity index (χ1v) is 11.3. The number of amides is 2. The summed E-state index contributed by atoms with van der Waals surface area (Å²) in [6.45, 7) is 1.29. The fourth-order valence-corrected chi connectivity index (χ4v) is 4.49. The lowest BCUT2D eigenvalue weighted by Crippen LogP contribution is -2.44. The van der Waals surface area contributed by atoms with E-state index in [0.29, 0.717) is 31.1 Å². The molecule has 1 atom stereocenters. The molecule has 1 unspecified atom stereocenters. The van der Waals surface area contributed by atoms with Gasteiger partial charge in [-0.3, -0.25) is 4.79 Å². The Labute approximate surface area is 186 Å². The van der Waals surface area contributed by atoms with E-state index in [9.17, 15) is 9.59 Å². The Balaban J connectivity index is 1.64. The van der Waals surface area contributed by atoms with Crippen LogP contribution in [0.15, 0.2) is 53.4 Å². The molecule has 2 amide bonds. The van der Waals surface area contributed by atoms with Crippen molar-refractivity contribution in [3.05, 3.63) is 54.1 Å². The lowest BCUT2D eigenvalue weighted by molar-refractivity contribution is -0.118. The second-order valence-corrected chi connectivity index (χ2v) is 8.44. The van der Waals surface area contributed by atoms with Crippen LogP contribution >= 0.6 is 11.8 Å². The van der Waals surface area contributed by atoms with Crippen molar-refractivity contribution in [2.75, 3.05) is 25.6 Å². The number of methoxy groups -OCH3 is 1. The minimum absolute atomic E-state index is 0.252. The third kappa shape index (κ3) is 7.18. The monoisotopic (exact) mass is 444 g/mol. The Morgan fingerprint density at radius 3 is 2.61 bits per heavy atom. The fourth-order valence-electron chi connectivity index (χ4n) is 3.53. The number of ether oxygens (including phenoxy) is 2. The predicted molar refractivity (Wildman–Crippen MR) is 121 cm³/mol. The van der Waals surface area contributed by atoms with E-state index in [4.69, 9.17) is 14.6 Å². The van der Waals surface area contributed by atoms with Crippen molar-refractivity contribution in [2.24, 2.45) is 5.92 Å². The molecule has 7 nitrogen and oxygen atoms in total. The summed E-state index contributed by atoms with van der Waals surface area (Å²) in [4.78, 5) is 25.0. The molecule has 1 saturated heterocycles. The quantitative estimate of drug-likeness (QED) is 0.497. The van der Waals surface area contributed by atoms with Crippen molar-refractivity contribution in [3.8, 4) is 5.75 Å². The smallest absolute Gasteiger partial charge is 0.405 e. The van der Waals surface area contributed by atoms with E-state index in [1.165, 1.54) is 5.56 Å². The topological polar surface area (TPSA) is 96.9 Å². The van der Waals surface area contributed by atoms with Crippen molar-refractivity contribution in [1.82, 2.24) is 5.32 Å². The summed E-state index contributed by atoms with van der Waals surface area (Å²) in [7, 11) is 1.59.